The van der Waals surface area contributed by atoms with E-state index in [0.29, 0.717) is 6.54 Å². The van der Waals surface area contributed by atoms with Gasteiger partial charge in [0.2, 0.25) is 0 Å². The van der Waals surface area contributed by atoms with Gasteiger partial charge < -0.3 is 11.5 Å². The van der Waals surface area contributed by atoms with Crippen LogP contribution in [0.25, 0.3) is 43.9 Å². The number of pyridine rings is 1. The highest BCUT2D eigenvalue weighted by atomic mass is 14.6. The highest BCUT2D eigenvalue weighted by Crippen LogP contribution is 2.31. The zero-order valence-electron chi connectivity index (χ0n) is 23.4. The van der Waals surface area contributed by atoms with Crippen molar-refractivity contribution in [1.82, 2.24) is 4.98 Å². The van der Waals surface area contributed by atoms with Crippen LogP contribution in [0.3, 0.4) is 0 Å². The molecule has 1 heterocycles. The van der Waals surface area contributed by atoms with E-state index in [2.05, 4.69) is 102 Å². The minimum Gasteiger partial charge on any atom is -0.326 e. The second-order valence-electron chi connectivity index (χ2n) is 10.4. The maximum atomic E-state index is 6.56. The Bertz CT molecular complexity index is 1910. The van der Waals surface area contributed by atoms with E-state index in [-0.39, 0.29) is 6.04 Å². The largest absolute Gasteiger partial charge is 0.326 e. The maximum Gasteiger partial charge on any atom is 0.0708 e. The molecular weight excluding hydrogens is 510 g/mol. The van der Waals surface area contributed by atoms with Gasteiger partial charge in [0.15, 0.2) is 0 Å². The first-order chi connectivity index (χ1) is 20.7. The standard InChI is InChI=1S/C32H24N2.C7H9N/c33-32(25-6-2-1-3-7-25)27-17-13-23-12-16-26(20-28(23)21-27)22-10-14-24(15-11-22)29-18-19-34-31-9-5-4-8-30(29)31;8-6-7-4-2-1-3-5-7/h1-21,32H,33H2;1-5H,6,8H2. The van der Waals surface area contributed by atoms with Crippen LogP contribution in [0.5, 0.6) is 0 Å². The Kier molecular flexibility index (Phi) is 8.14. The van der Waals surface area contributed by atoms with E-state index in [1.165, 1.54) is 44.0 Å². The minimum atomic E-state index is -0.135. The van der Waals surface area contributed by atoms with Gasteiger partial charge >= 0.3 is 0 Å². The molecule has 4 N–H and O–H groups in total. The highest BCUT2D eigenvalue weighted by Gasteiger charge is 2.10. The van der Waals surface area contributed by atoms with Crippen molar-refractivity contribution in [3.8, 4) is 22.3 Å². The Labute approximate surface area is 247 Å². The molecule has 1 aromatic heterocycles. The molecule has 3 heteroatoms. The molecule has 0 aliphatic rings. The van der Waals surface area contributed by atoms with Gasteiger partial charge in [0.25, 0.3) is 0 Å². The van der Waals surface area contributed by atoms with E-state index in [9.17, 15) is 0 Å². The van der Waals surface area contributed by atoms with Crippen molar-refractivity contribution in [1.29, 1.82) is 0 Å². The molecule has 0 radical (unpaired) electrons. The van der Waals surface area contributed by atoms with Crippen LogP contribution in [0.1, 0.15) is 22.7 Å². The first-order valence-corrected chi connectivity index (χ1v) is 14.2. The lowest BCUT2D eigenvalue weighted by Gasteiger charge is -2.14. The summed E-state index contributed by atoms with van der Waals surface area (Å²) in [5, 5.41) is 3.59. The molecule has 1 atom stereocenters. The van der Waals surface area contributed by atoms with Crippen molar-refractivity contribution >= 4 is 21.7 Å². The summed E-state index contributed by atoms with van der Waals surface area (Å²) in [7, 11) is 0. The zero-order chi connectivity index (χ0) is 28.7. The van der Waals surface area contributed by atoms with Gasteiger partial charge in [-0.05, 0) is 74.0 Å². The number of para-hydroxylation sites is 1. The van der Waals surface area contributed by atoms with Crippen LogP contribution < -0.4 is 11.5 Å². The molecule has 0 fully saturated rings. The van der Waals surface area contributed by atoms with Crippen molar-refractivity contribution in [2.24, 2.45) is 11.5 Å². The third-order valence-corrected chi connectivity index (χ3v) is 7.64. The summed E-state index contributed by atoms with van der Waals surface area (Å²) in [6, 6.07) is 52.4. The van der Waals surface area contributed by atoms with E-state index in [0.717, 1.165) is 16.6 Å². The third kappa shape index (κ3) is 5.98. The molecule has 0 amide bonds. The molecular formula is C39H33N3. The molecule has 42 heavy (non-hydrogen) atoms. The summed E-state index contributed by atoms with van der Waals surface area (Å²) in [4.78, 5) is 4.49. The first-order valence-electron chi connectivity index (χ1n) is 14.2. The third-order valence-electron chi connectivity index (χ3n) is 7.64. The lowest BCUT2D eigenvalue weighted by atomic mass is 9.94. The Balaban J connectivity index is 0.000000343. The monoisotopic (exact) mass is 543 g/mol. The molecule has 204 valence electrons. The highest BCUT2D eigenvalue weighted by molar-refractivity contribution is 5.95. The average molecular weight is 544 g/mol. The Morgan fingerprint density at radius 2 is 1.17 bits per heavy atom. The van der Waals surface area contributed by atoms with Crippen molar-refractivity contribution in [2.75, 3.05) is 0 Å². The van der Waals surface area contributed by atoms with E-state index in [4.69, 9.17) is 11.5 Å². The predicted octanol–water partition coefficient (Wildman–Crippen LogP) is 8.92. The molecule has 3 nitrogen and oxygen atoms in total. The fourth-order valence-corrected chi connectivity index (χ4v) is 5.29. The Hall–Kier alpha value is -5.09. The lowest BCUT2D eigenvalue weighted by molar-refractivity contribution is 0.873. The van der Waals surface area contributed by atoms with E-state index in [1.54, 1.807) is 0 Å². The molecule has 0 aliphatic heterocycles. The van der Waals surface area contributed by atoms with Crippen molar-refractivity contribution in [3.63, 3.8) is 0 Å². The Morgan fingerprint density at radius 1 is 0.524 bits per heavy atom. The summed E-state index contributed by atoms with van der Waals surface area (Å²) >= 11 is 0. The second kappa shape index (κ2) is 12.6. The number of nitrogens with zero attached hydrogens (tertiary/aromatic N) is 1. The zero-order valence-corrected chi connectivity index (χ0v) is 23.4. The minimum absolute atomic E-state index is 0.135. The molecule has 0 aliphatic carbocycles. The van der Waals surface area contributed by atoms with Gasteiger partial charge in [-0.15, -0.1) is 0 Å². The fourth-order valence-electron chi connectivity index (χ4n) is 5.29. The SMILES string of the molecule is NC(c1ccccc1)c1ccc2ccc(-c3ccc(-c4ccnc5ccccc45)cc3)cc2c1.NCc1ccccc1. The average Bonchev–Trinajstić information content (AvgIpc) is 3.08. The smallest absolute Gasteiger partial charge is 0.0708 e. The van der Waals surface area contributed by atoms with Crippen LogP contribution in [0, 0.1) is 0 Å². The number of nitrogens with two attached hydrogens (primary N) is 2. The van der Waals surface area contributed by atoms with Crippen molar-refractivity contribution in [2.45, 2.75) is 12.6 Å². The molecule has 0 saturated heterocycles. The van der Waals surface area contributed by atoms with Crippen LogP contribution in [0.15, 0.2) is 158 Å². The first kappa shape index (κ1) is 27.1. The molecule has 1 unspecified atom stereocenters. The normalized spacial score (nSPS) is 11.6. The predicted molar refractivity (Wildman–Crippen MR) is 177 cm³/mol. The van der Waals surface area contributed by atoms with Gasteiger partial charge in [0, 0.05) is 18.1 Å². The molecule has 0 spiro atoms. The van der Waals surface area contributed by atoms with Gasteiger partial charge in [-0.2, -0.15) is 0 Å². The van der Waals surface area contributed by atoms with Crippen LogP contribution >= 0.6 is 0 Å². The molecule has 0 saturated carbocycles. The number of rotatable bonds is 5. The molecule has 0 bridgehead atoms. The van der Waals surface area contributed by atoms with Gasteiger partial charge in [0.1, 0.15) is 0 Å². The number of aromatic nitrogens is 1. The number of hydrogen-bond acceptors (Lipinski definition) is 3. The maximum absolute atomic E-state index is 6.56. The summed E-state index contributed by atoms with van der Waals surface area (Å²) < 4.78 is 0. The summed E-state index contributed by atoms with van der Waals surface area (Å²) in [6.07, 6.45) is 1.88. The molecule has 7 aromatic rings. The molecule has 7 rings (SSSR count). The van der Waals surface area contributed by atoms with Crippen molar-refractivity contribution < 1.29 is 0 Å². The number of fused-ring (bicyclic) bond motifs is 2. The number of hydrogen-bond donors (Lipinski definition) is 2. The fraction of sp³-hybridized carbons (Fsp3) is 0.0513. The van der Waals surface area contributed by atoms with Crippen LogP contribution in [0.4, 0.5) is 0 Å². The summed E-state index contributed by atoms with van der Waals surface area (Å²) in [5.41, 5.74) is 21.2. The molecule has 6 aromatic carbocycles. The quantitative estimate of drug-likeness (QED) is 0.228. The Morgan fingerprint density at radius 3 is 1.90 bits per heavy atom. The van der Waals surface area contributed by atoms with E-state index >= 15 is 0 Å². The topological polar surface area (TPSA) is 64.9 Å². The summed E-state index contributed by atoms with van der Waals surface area (Å²) in [6.45, 7) is 0.640. The van der Waals surface area contributed by atoms with Gasteiger partial charge in [-0.1, -0.05) is 127 Å². The van der Waals surface area contributed by atoms with E-state index < -0.39 is 0 Å². The van der Waals surface area contributed by atoms with Crippen LogP contribution in [-0.2, 0) is 6.54 Å². The summed E-state index contributed by atoms with van der Waals surface area (Å²) in [5.74, 6) is 0. The van der Waals surface area contributed by atoms with E-state index in [1.807, 2.05) is 60.8 Å². The number of benzene rings is 6. The second-order valence-corrected chi connectivity index (χ2v) is 10.4. The van der Waals surface area contributed by atoms with Gasteiger partial charge in [0.05, 0.1) is 11.6 Å². The van der Waals surface area contributed by atoms with Crippen LogP contribution in [0.2, 0.25) is 0 Å². The lowest BCUT2D eigenvalue weighted by Crippen LogP contribution is -2.11. The van der Waals surface area contributed by atoms with Crippen molar-refractivity contribution in [3.05, 3.63) is 175 Å². The van der Waals surface area contributed by atoms with Crippen LogP contribution in [-0.4, -0.2) is 4.98 Å². The van der Waals surface area contributed by atoms with Gasteiger partial charge in [-0.3, -0.25) is 4.98 Å². The van der Waals surface area contributed by atoms with Gasteiger partial charge in [-0.25, -0.2) is 0 Å².